The van der Waals surface area contributed by atoms with Gasteiger partial charge in [0.2, 0.25) is 0 Å². The van der Waals surface area contributed by atoms with E-state index >= 15 is 0 Å². The van der Waals surface area contributed by atoms with Crippen LogP contribution in [0, 0.1) is 6.92 Å². The zero-order valence-corrected chi connectivity index (χ0v) is 10.1. The lowest BCUT2D eigenvalue weighted by Gasteiger charge is -2.16. The van der Waals surface area contributed by atoms with Crippen molar-refractivity contribution in [3.05, 3.63) is 34.8 Å². The summed E-state index contributed by atoms with van der Waals surface area (Å²) in [7, 11) is 2.04. The van der Waals surface area contributed by atoms with Gasteiger partial charge in [0.15, 0.2) is 0 Å². The lowest BCUT2D eigenvalue weighted by Crippen LogP contribution is -2.26. The van der Waals surface area contributed by atoms with Gasteiger partial charge in [0, 0.05) is 19.2 Å². The summed E-state index contributed by atoms with van der Waals surface area (Å²) >= 11 is 1.74. The molecule has 16 heavy (non-hydrogen) atoms. The van der Waals surface area contributed by atoms with E-state index in [0.717, 1.165) is 17.1 Å². The fraction of sp³-hybridized carbons (Fsp3) is 0.250. The van der Waals surface area contributed by atoms with Crippen LogP contribution in [-0.2, 0) is 0 Å². The smallest absolute Gasteiger partial charge is 0.0907 e. The van der Waals surface area contributed by atoms with Crippen LogP contribution in [0.3, 0.4) is 0 Å². The van der Waals surface area contributed by atoms with Crippen molar-refractivity contribution in [1.29, 1.82) is 0 Å². The van der Waals surface area contributed by atoms with Gasteiger partial charge in [-0.15, -0.1) is 11.3 Å². The van der Waals surface area contributed by atoms with E-state index in [1.165, 1.54) is 16.0 Å². The van der Waals surface area contributed by atoms with Crippen LogP contribution in [0.25, 0.3) is 15.9 Å². The highest BCUT2D eigenvalue weighted by molar-refractivity contribution is 7.18. The second-order valence-electron chi connectivity index (χ2n) is 3.93. The van der Waals surface area contributed by atoms with E-state index in [2.05, 4.69) is 39.7 Å². The third-order valence-corrected chi connectivity index (χ3v) is 3.73. The van der Waals surface area contributed by atoms with Gasteiger partial charge in [-0.1, -0.05) is 6.07 Å². The number of hydrazine groups is 1. The van der Waals surface area contributed by atoms with Crippen molar-refractivity contribution in [1.82, 2.24) is 15.4 Å². The minimum Gasteiger partial charge on any atom is -0.311 e. The molecule has 0 amide bonds. The Morgan fingerprint density at radius 2 is 2.31 bits per heavy atom. The number of nitrogens with one attached hydrogen (secondary N) is 1. The van der Waals surface area contributed by atoms with Gasteiger partial charge in [-0.3, -0.25) is 0 Å². The van der Waals surface area contributed by atoms with Crippen LogP contribution in [0.15, 0.2) is 24.3 Å². The number of benzene rings is 1. The van der Waals surface area contributed by atoms with E-state index < -0.39 is 0 Å². The van der Waals surface area contributed by atoms with Crippen LogP contribution >= 0.6 is 11.3 Å². The number of aryl methyl sites for hydroxylation is 1. The fourth-order valence-corrected chi connectivity index (χ4v) is 2.82. The molecule has 1 N–H and O–H groups in total. The molecule has 82 valence electrons. The molecule has 2 aromatic rings. The van der Waals surface area contributed by atoms with Gasteiger partial charge in [0.05, 0.1) is 20.9 Å². The Balaban J connectivity index is 2.11. The van der Waals surface area contributed by atoms with Gasteiger partial charge >= 0.3 is 0 Å². The number of aromatic nitrogens is 1. The topological polar surface area (TPSA) is 28.2 Å². The number of hydrogen-bond acceptors (Lipinski definition) is 4. The molecule has 3 nitrogen and oxygen atoms in total. The van der Waals surface area contributed by atoms with Crippen LogP contribution in [0.4, 0.5) is 0 Å². The van der Waals surface area contributed by atoms with Gasteiger partial charge < -0.3 is 5.01 Å². The molecule has 0 unspecified atom stereocenters. The normalized spacial score (nSPS) is 15.9. The minimum absolute atomic E-state index is 0.903. The third kappa shape index (κ3) is 1.50. The summed E-state index contributed by atoms with van der Waals surface area (Å²) in [5.41, 5.74) is 6.80. The zero-order chi connectivity index (χ0) is 11.1. The Morgan fingerprint density at radius 1 is 1.44 bits per heavy atom. The molecule has 0 saturated heterocycles. The Morgan fingerprint density at radius 3 is 3.06 bits per heavy atom. The van der Waals surface area contributed by atoms with Crippen LogP contribution in [0.1, 0.15) is 10.6 Å². The highest BCUT2D eigenvalue weighted by Gasteiger charge is 2.13. The predicted molar refractivity (Wildman–Crippen MR) is 68.1 cm³/mol. The van der Waals surface area contributed by atoms with Gasteiger partial charge in [-0.05, 0) is 25.1 Å². The molecule has 1 aromatic heterocycles. The molecule has 2 heterocycles. The summed E-state index contributed by atoms with van der Waals surface area (Å²) in [5, 5.41) is 3.18. The zero-order valence-electron chi connectivity index (χ0n) is 9.32. The lowest BCUT2D eigenvalue weighted by atomic mass is 10.1. The van der Waals surface area contributed by atoms with Crippen molar-refractivity contribution in [2.75, 3.05) is 13.6 Å². The molecule has 0 atom stereocenters. The molecular weight excluding hydrogens is 218 g/mol. The average Bonchev–Trinajstić information content (AvgIpc) is 2.81. The van der Waals surface area contributed by atoms with Gasteiger partial charge in [0.1, 0.15) is 0 Å². The van der Waals surface area contributed by atoms with E-state index in [1.807, 2.05) is 14.0 Å². The third-order valence-electron chi connectivity index (χ3n) is 2.78. The standard InChI is InChI=1S/C12H13N3S/c1-8-14-10-7-9(3-4-12(10)16-8)11-5-6-13-15(11)2/h3-5,7,13H,6H2,1-2H3. The largest absolute Gasteiger partial charge is 0.311 e. The number of fused-ring (bicyclic) bond motifs is 1. The summed E-state index contributed by atoms with van der Waals surface area (Å²) in [5.74, 6) is 0. The summed E-state index contributed by atoms with van der Waals surface area (Å²) < 4.78 is 1.26. The quantitative estimate of drug-likeness (QED) is 0.817. The van der Waals surface area contributed by atoms with Crippen molar-refractivity contribution >= 4 is 27.3 Å². The minimum atomic E-state index is 0.903. The van der Waals surface area contributed by atoms with Crippen molar-refractivity contribution in [2.24, 2.45) is 0 Å². The summed E-state index contributed by atoms with van der Waals surface area (Å²) in [4.78, 5) is 4.52. The number of thiazole rings is 1. The molecule has 0 bridgehead atoms. The van der Waals surface area contributed by atoms with E-state index in [0.29, 0.717) is 0 Å². The van der Waals surface area contributed by atoms with E-state index in [1.54, 1.807) is 11.3 Å². The Bertz CT molecular complexity index is 571. The van der Waals surface area contributed by atoms with Gasteiger partial charge in [-0.25, -0.2) is 10.4 Å². The molecule has 1 aromatic carbocycles. The van der Waals surface area contributed by atoms with E-state index in [-0.39, 0.29) is 0 Å². The summed E-state index contributed by atoms with van der Waals surface area (Å²) in [6.45, 7) is 2.95. The fourth-order valence-electron chi connectivity index (χ4n) is 2.01. The molecule has 1 aliphatic heterocycles. The second kappa shape index (κ2) is 3.57. The first-order chi connectivity index (χ1) is 7.74. The van der Waals surface area contributed by atoms with Crippen molar-refractivity contribution in [3.63, 3.8) is 0 Å². The van der Waals surface area contributed by atoms with Crippen LogP contribution < -0.4 is 5.43 Å². The Kier molecular flexibility index (Phi) is 2.19. The first kappa shape index (κ1) is 9.81. The van der Waals surface area contributed by atoms with Crippen LogP contribution in [-0.4, -0.2) is 23.6 Å². The summed E-state index contributed by atoms with van der Waals surface area (Å²) in [6.07, 6.45) is 2.19. The van der Waals surface area contributed by atoms with Crippen LogP contribution in [0.5, 0.6) is 0 Å². The maximum atomic E-state index is 4.52. The van der Waals surface area contributed by atoms with Crippen molar-refractivity contribution in [2.45, 2.75) is 6.92 Å². The molecule has 0 aliphatic carbocycles. The van der Waals surface area contributed by atoms with E-state index in [4.69, 9.17) is 0 Å². The van der Waals surface area contributed by atoms with Crippen molar-refractivity contribution in [3.8, 4) is 0 Å². The number of hydrogen-bond donors (Lipinski definition) is 1. The monoisotopic (exact) mass is 231 g/mol. The maximum absolute atomic E-state index is 4.52. The Labute approximate surface area is 98.4 Å². The molecule has 0 saturated carbocycles. The first-order valence-electron chi connectivity index (χ1n) is 5.29. The molecule has 0 spiro atoms. The Hall–Kier alpha value is -1.39. The van der Waals surface area contributed by atoms with Crippen LogP contribution in [0.2, 0.25) is 0 Å². The SMILES string of the molecule is Cc1nc2cc(C3=CCNN3C)ccc2s1. The van der Waals surface area contributed by atoms with Crippen molar-refractivity contribution < 1.29 is 0 Å². The second-order valence-corrected chi connectivity index (χ2v) is 5.16. The molecular formula is C12H13N3S. The molecule has 4 heteroatoms. The molecule has 1 aliphatic rings. The molecule has 3 rings (SSSR count). The maximum Gasteiger partial charge on any atom is 0.0907 e. The molecule has 0 radical (unpaired) electrons. The number of nitrogens with zero attached hydrogens (tertiary/aromatic N) is 2. The van der Waals surface area contributed by atoms with Gasteiger partial charge in [-0.2, -0.15) is 0 Å². The predicted octanol–water partition coefficient (Wildman–Crippen LogP) is 2.40. The van der Waals surface area contributed by atoms with Gasteiger partial charge in [0.25, 0.3) is 0 Å². The number of rotatable bonds is 1. The first-order valence-corrected chi connectivity index (χ1v) is 6.10. The average molecular weight is 231 g/mol. The summed E-state index contributed by atoms with van der Waals surface area (Å²) in [6, 6.07) is 6.48. The highest BCUT2D eigenvalue weighted by atomic mass is 32.1. The highest BCUT2D eigenvalue weighted by Crippen LogP contribution is 2.26. The molecule has 0 fully saturated rings. The van der Waals surface area contributed by atoms with E-state index in [9.17, 15) is 0 Å². The lowest BCUT2D eigenvalue weighted by molar-refractivity contribution is 0.392.